The second-order valence-electron chi connectivity index (χ2n) is 6.42. The van der Waals surface area contributed by atoms with E-state index in [0.29, 0.717) is 43.5 Å². The Balaban J connectivity index is 1.59. The van der Waals surface area contributed by atoms with Crippen LogP contribution in [0, 0.1) is 0 Å². The molecule has 1 aromatic carbocycles. The Bertz CT molecular complexity index is 654. The first kappa shape index (κ1) is 17.8. The fourth-order valence-electron chi connectivity index (χ4n) is 3.32. The number of nitrogens with zero attached hydrogens (tertiary/aromatic N) is 2. The summed E-state index contributed by atoms with van der Waals surface area (Å²) in [6.07, 6.45) is 2.78. The number of likely N-dealkylation sites (tertiary alicyclic amines) is 1. The number of halogens is 1. The first-order valence-electron chi connectivity index (χ1n) is 8.38. The highest BCUT2D eigenvalue weighted by molar-refractivity contribution is 6.30. The van der Waals surface area contributed by atoms with Gasteiger partial charge in [-0.1, -0.05) is 18.2 Å². The van der Waals surface area contributed by atoms with E-state index in [1.807, 2.05) is 0 Å². The lowest BCUT2D eigenvalue weighted by Crippen LogP contribution is -2.59. The van der Waals surface area contributed by atoms with Gasteiger partial charge < -0.3 is 19.9 Å². The molecule has 1 spiro atoms. The number of urea groups is 1. The molecule has 3 amide bonds. The Morgan fingerprint density at radius 1 is 1.16 bits per heavy atom. The van der Waals surface area contributed by atoms with E-state index in [4.69, 9.17) is 16.3 Å². The molecular weight excluding hydrogens is 342 g/mol. The number of benzene rings is 1. The van der Waals surface area contributed by atoms with Crippen LogP contribution in [0.15, 0.2) is 36.9 Å². The minimum Gasteiger partial charge on any atom is -0.371 e. The molecular formula is C18H22ClN3O3. The molecule has 2 heterocycles. The number of amides is 3. The number of piperidine rings is 1. The highest BCUT2D eigenvalue weighted by atomic mass is 35.5. The van der Waals surface area contributed by atoms with Crippen molar-refractivity contribution in [1.29, 1.82) is 0 Å². The molecule has 0 unspecified atom stereocenters. The molecule has 25 heavy (non-hydrogen) atoms. The third-order valence-electron chi connectivity index (χ3n) is 4.79. The Morgan fingerprint density at radius 3 is 2.48 bits per heavy atom. The number of ether oxygens (including phenoxy) is 1. The number of nitrogens with one attached hydrogen (secondary N) is 1. The third-order valence-corrected chi connectivity index (χ3v) is 5.04. The van der Waals surface area contributed by atoms with Gasteiger partial charge in [-0.15, -0.1) is 0 Å². The van der Waals surface area contributed by atoms with Crippen LogP contribution < -0.4 is 5.32 Å². The molecule has 2 aliphatic heterocycles. The van der Waals surface area contributed by atoms with E-state index >= 15 is 0 Å². The van der Waals surface area contributed by atoms with Crippen LogP contribution >= 0.6 is 11.6 Å². The molecule has 0 radical (unpaired) electrons. The van der Waals surface area contributed by atoms with Crippen LogP contribution in [0.25, 0.3) is 0 Å². The van der Waals surface area contributed by atoms with Gasteiger partial charge in [0.25, 0.3) is 0 Å². The van der Waals surface area contributed by atoms with Crippen molar-refractivity contribution in [3.8, 4) is 0 Å². The van der Waals surface area contributed by atoms with E-state index in [0.717, 1.165) is 12.8 Å². The molecule has 1 aromatic rings. The average molecular weight is 364 g/mol. The molecule has 0 bridgehead atoms. The Kier molecular flexibility index (Phi) is 5.30. The number of rotatable bonds is 2. The molecule has 0 saturated carbocycles. The van der Waals surface area contributed by atoms with Gasteiger partial charge in [0.2, 0.25) is 5.91 Å². The van der Waals surface area contributed by atoms with Crippen LogP contribution in [-0.4, -0.2) is 60.1 Å². The third kappa shape index (κ3) is 4.14. The molecule has 0 aliphatic carbocycles. The van der Waals surface area contributed by atoms with Crippen molar-refractivity contribution in [2.24, 2.45) is 0 Å². The van der Waals surface area contributed by atoms with Gasteiger partial charge in [-0.3, -0.25) is 4.79 Å². The topological polar surface area (TPSA) is 61.9 Å². The summed E-state index contributed by atoms with van der Waals surface area (Å²) in [5.41, 5.74) is 0.342. The summed E-state index contributed by atoms with van der Waals surface area (Å²) < 4.78 is 6.01. The van der Waals surface area contributed by atoms with Crippen LogP contribution in [-0.2, 0) is 9.53 Å². The summed E-state index contributed by atoms with van der Waals surface area (Å²) in [5, 5.41) is 3.52. The lowest BCUT2D eigenvalue weighted by Gasteiger charge is -2.47. The first-order valence-corrected chi connectivity index (χ1v) is 8.76. The van der Waals surface area contributed by atoms with E-state index in [9.17, 15) is 9.59 Å². The minimum atomic E-state index is -0.368. The largest absolute Gasteiger partial charge is 0.371 e. The fourth-order valence-corrected chi connectivity index (χ4v) is 3.45. The summed E-state index contributed by atoms with van der Waals surface area (Å²) in [6.45, 7) is 6.36. The zero-order chi connectivity index (χ0) is 17.9. The molecule has 1 N–H and O–H groups in total. The molecule has 0 atom stereocenters. The van der Waals surface area contributed by atoms with E-state index in [-0.39, 0.29) is 17.5 Å². The highest BCUT2D eigenvalue weighted by Gasteiger charge is 2.41. The molecule has 3 rings (SSSR count). The minimum absolute atomic E-state index is 0.0528. The van der Waals surface area contributed by atoms with E-state index < -0.39 is 0 Å². The smallest absolute Gasteiger partial charge is 0.322 e. The van der Waals surface area contributed by atoms with Crippen LogP contribution in [0.5, 0.6) is 0 Å². The maximum Gasteiger partial charge on any atom is 0.322 e. The number of carbonyl (C=O) groups is 2. The van der Waals surface area contributed by atoms with Crippen LogP contribution in [0.4, 0.5) is 10.5 Å². The zero-order valence-corrected chi connectivity index (χ0v) is 14.8. The predicted octanol–water partition coefficient (Wildman–Crippen LogP) is 2.75. The van der Waals surface area contributed by atoms with Crippen molar-refractivity contribution < 1.29 is 14.3 Å². The summed E-state index contributed by atoms with van der Waals surface area (Å²) in [4.78, 5) is 27.8. The molecule has 7 heteroatoms. The SMILES string of the molecule is C=CC(=O)N1CCC2(CC1)CN(C(=O)Nc1ccc(Cl)cc1)CCO2. The number of anilines is 1. The summed E-state index contributed by atoms with van der Waals surface area (Å²) in [7, 11) is 0. The van der Waals surface area contributed by atoms with Crippen LogP contribution in [0.1, 0.15) is 12.8 Å². The standard InChI is InChI=1S/C18H22ClN3O3/c1-2-16(23)21-9-7-18(8-10-21)13-22(11-12-25-18)17(24)20-15-5-3-14(19)4-6-15/h2-6H,1,7-13H2,(H,20,24). The Hall–Kier alpha value is -2.05. The van der Waals surface area contributed by atoms with Gasteiger partial charge >= 0.3 is 6.03 Å². The monoisotopic (exact) mass is 363 g/mol. The summed E-state index contributed by atoms with van der Waals surface area (Å²) in [5.74, 6) is -0.0528. The second kappa shape index (κ2) is 7.45. The van der Waals surface area contributed by atoms with Gasteiger partial charge in [0, 0.05) is 30.3 Å². The number of hydrogen-bond acceptors (Lipinski definition) is 3. The molecule has 0 aromatic heterocycles. The van der Waals surface area contributed by atoms with Gasteiger partial charge in [-0.25, -0.2) is 4.79 Å². The molecule has 134 valence electrons. The lowest BCUT2D eigenvalue weighted by atomic mass is 9.89. The van der Waals surface area contributed by atoms with Crippen molar-refractivity contribution in [3.63, 3.8) is 0 Å². The number of morpholine rings is 1. The van der Waals surface area contributed by atoms with Crippen molar-refractivity contribution in [1.82, 2.24) is 9.80 Å². The summed E-state index contributed by atoms with van der Waals surface area (Å²) in [6, 6.07) is 6.88. The van der Waals surface area contributed by atoms with E-state index in [2.05, 4.69) is 11.9 Å². The van der Waals surface area contributed by atoms with E-state index in [1.165, 1.54) is 6.08 Å². The first-order chi connectivity index (χ1) is 12.0. The molecule has 2 aliphatic rings. The highest BCUT2D eigenvalue weighted by Crippen LogP contribution is 2.30. The van der Waals surface area contributed by atoms with Gasteiger partial charge in [0.05, 0.1) is 18.8 Å². The Labute approximate surface area is 152 Å². The van der Waals surface area contributed by atoms with Crippen molar-refractivity contribution in [2.75, 3.05) is 38.1 Å². The van der Waals surface area contributed by atoms with Gasteiger partial charge in [0.15, 0.2) is 0 Å². The maximum atomic E-state index is 12.5. The Morgan fingerprint density at radius 2 is 1.84 bits per heavy atom. The average Bonchev–Trinajstić information content (AvgIpc) is 2.63. The number of carbonyl (C=O) groups excluding carboxylic acids is 2. The summed E-state index contributed by atoms with van der Waals surface area (Å²) >= 11 is 5.87. The van der Waals surface area contributed by atoms with Gasteiger partial charge in [-0.05, 0) is 43.2 Å². The number of hydrogen-bond donors (Lipinski definition) is 1. The van der Waals surface area contributed by atoms with Crippen LogP contribution in [0.3, 0.4) is 0 Å². The predicted molar refractivity (Wildman–Crippen MR) is 96.7 cm³/mol. The van der Waals surface area contributed by atoms with E-state index in [1.54, 1.807) is 34.1 Å². The van der Waals surface area contributed by atoms with Gasteiger partial charge in [-0.2, -0.15) is 0 Å². The second-order valence-corrected chi connectivity index (χ2v) is 6.86. The maximum absolute atomic E-state index is 12.5. The molecule has 2 saturated heterocycles. The van der Waals surface area contributed by atoms with Crippen LogP contribution in [0.2, 0.25) is 5.02 Å². The molecule has 6 nitrogen and oxygen atoms in total. The fraction of sp³-hybridized carbons (Fsp3) is 0.444. The normalized spacial score (nSPS) is 19.6. The quantitative estimate of drug-likeness (QED) is 0.822. The molecule has 2 fully saturated rings. The lowest BCUT2D eigenvalue weighted by molar-refractivity contribution is -0.142. The zero-order valence-electron chi connectivity index (χ0n) is 14.0. The van der Waals surface area contributed by atoms with Crippen molar-refractivity contribution in [3.05, 3.63) is 41.9 Å². The van der Waals surface area contributed by atoms with Crippen molar-refractivity contribution in [2.45, 2.75) is 18.4 Å². The van der Waals surface area contributed by atoms with Gasteiger partial charge in [0.1, 0.15) is 0 Å². The van der Waals surface area contributed by atoms with Crippen molar-refractivity contribution >= 4 is 29.2 Å².